The molecule has 0 aliphatic heterocycles. The molecule has 3 rings (SSSR count). The van der Waals surface area contributed by atoms with Crippen LogP contribution in [0.25, 0.3) is 0 Å². The van der Waals surface area contributed by atoms with Gasteiger partial charge in [-0.25, -0.2) is 4.39 Å². The van der Waals surface area contributed by atoms with E-state index in [0.29, 0.717) is 18.3 Å². The Hall–Kier alpha value is -1.14. The highest BCUT2D eigenvalue weighted by Crippen LogP contribution is 2.25. The first-order valence-corrected chi connectivity index (χ1v) is 7.73. The molecule has 0 bridgehead atoms. The molecule has 1 saturated carbocycles. The summed E-state index contributed by atoms with van der Waals surface area (Å²) in [5.74, 6) is 0.997. The molecular formula is C16H15FINO. The van der Waals surface area contributed by atoms with E-state index < -0.39 is 0 Å². The van der Waals surface area contributed by atoms with E-state index in [-0.39, 0.29) is 5.82 Å². The van der Waals surface area contributed by atoms with Gasteiger partial charge in [-0.2, -0.15) is 0 Å². The number of hydrogen-bond acceptors (Lipinski definition) is 2. The Morgan fingerprint density at radius 2 is 1.85 bits per heavy atom. The lowest BCUT2D eigenvalue weighted by Gasteiger charge is -2.09. The third-order valence-corrected chi connectivity index (χ3v) is 3.87. The van der Waals surface area contributed by atoms with Gasteiger partial charge in [0.05, 0.1) is 0 Å². The van der Waals surface area contributed by atoms with Gasteiger partial charge in [-0.15, -0.1) is 0 Å². The van der Waals surface area contributed by atoms with Gasteiger partial charge < -0.3 is 10.1 Å². The SMILES string of the molecule is Fc1cc(CNC2CC2)cc(Oc2ccc(I)cc2)c1. The van der Waals surface area contributed by atoms with Crippen molar-refractivity contribution in [1.29, 1.82) is 0 Å². The lowest BCUT2D eigenvalue weighted by Crippen LogP contribution is -2.15. The predicted molar refractivity (Wildman–Crippen MR) is 85.5 cm³/mol. The second-order valence-corrected chi connectivity index (χ2v) is 6.25. The molecule has 0 unspecified atom stereocenters. The van der Waals surface area contributed by atoms with Crippen LogP contribution in [0, 0.1) is 9.39 Å². The van der Waals surface area contributed by atoms with Gasteiger partial charge in [-0.1, -0.05) is 0 Å². The number of ether oxygens (including phenoxy) is 1. The maximum atomic E-state index is 13.6. The molecular weight excluding hydrogens is 368 g/mol. The first-order valence-electron chi connectivity index (χ1n) is 6.65. The van der Waals surface area contributed by atoms with Crippen LogP contribution in [-0.2, 0) is 6.54 Å². The van der Waals surface area contributed by atoms with Crippen molar-refractivity contribution in [2.45, 2.75) is 25.4 Å². The molecule has 2 aromatic carbocycles. The van der Waals surface area contributed by atoms with Crippen LogP contribution in [0.5, 0.6) is 11.5 Å². The number of rotatable bonds is 5. The van der Waals surface area contributed by atoms with Gasteiger partial charge in [0.15, 0.2) is 0 Å². The topological polar surface area (TPSA) is 21.3 Å². The van der Waals surface area contributed by atoms with Gasteiger partial charge in [0.2, 0.25) is 0 Å². The fourth-order valence-electron chi connectivity index (χ4n) is 1.97. The Kier molecular flexibility index (Phi) is 4.21. The second-order valence-electron chi connectivity index (χ2n) is 5.01. The Bertz CT molecular complexity index is 596. The molecule has 0 heterocycles. The van der Waals surface area contributed by atoms with Crippen LogP contribution < -0.4 is 10.1 Å². The quantitative estimate of drug-likeness (QED) is 0.770. The highest BCUT2D eigenvalue weighted by atomic mass is 127. The second kappa shape index (κ2) is 6.10. The van der Waals surface area contributed by atoms with E-state index >= 15 is 0 Å². The molecule has 1 aliphatic rings. The number of benzene rings is 2. The fourth-order valence-corrected chi connectivity index (χ4v) is 2.33. The minimum Gasteiger partial charge on any atom is -0.457 e. The lowest BCUT2D eigenvalue weighted by molar-refractivity contribution is 0.475. The Balaban J connectivity index is 1.72. The van der Waals surface area contributed by atoms with Gasteiger partial charge in [-0.05, 0) is 77.4 Å². The van der Waals surface area contributed by atoms with Crippen LogP contribution in [0.4, 0.5) is 4.39 Å². The fraction of sp³-hybridized carbons (Fsp3) is 0.250. The summed E-state index contributed by atoms with van der Waals surface area (Å²) < 4.78 is 20.5. The van der Waals surface area contributed by atoms with Crippen molar-refractivity contribution in [1.82, 2.24) is 5.32 Å². The number of halogens is 2. The van der Waals surface area contributed by atoms with E-state index in [0.717, 1.165) is 14.9 Å². The van der Waals surface area contributed by atoms with Gasteiger partial charge in [0.1, 0.15) is 17.3 Å². The maximum absolute atomic E-state index is 13.6. The molecule has 2 nitrogen and oxygen atoms in total. The maximum Gasteiger partial charge on any atom is 0.130 e. The third kappa shape index (κ3) is 3.93. The summed E-state index contributed by atoms with van der Waals surface area (Å²) >= 11 is 2.24. The first kappa shape index (κ1) is 13.8. The molecule has 4 heteroatoms. The van der Waals surface area contributed by atoms with Crippen LogP contribution >= 0.6 is 22.6 Å². The summed E-state index contributed by atoms with van der Waals surface area (Å²) in [5, 5.41) is 3.38. The lowest BCUT2D eigenvalue weighted by atomic mass is 10.2. The van der Waals surface area contributed by atoms with E-state index in [1.807, 2.05) is 30.3 Å². The van der Waals surface area contributed by atoms with Gasteiger partial charge in [0, 0.05) is 22.2 Å². The van der Waals surface area contributed by atoms with Crippen LogP contribution in [0.2, 0.25) is 0 Å². The zero-order valence-electron chi connectivity index (χ0n) is 10.9. The minimum atomic E-state index is -0.263. The molecule has 0 radical (unpaired) electrons. The first-order chi connectivity index (χ1) is 9.69. The highest BCUT2D eigenvalue weighted by Gasteiger charge is 2.20. The van der Waals surface area contributed by atoms with E-state index in [1.54, 1.807) is 6.07 Å². The Morgan fingerprint density at radius 1 is 1.10 bits per heavy atom. The summed E-state index contributed by atoms with van der Waals surface area (Å²) in [6.07, 6.45) is 2.45. The molecule has 104 valence electrons. The van der Waals surface area contributed by atoms with Crippen molar-refractivity contribution < 1.29 is 9.13 Å². The van der Waals surface area contributed by atoms with Crippen LogP contribution in [0.15, 0.2) is 42.5 Å². The molecule has 0 saturated heterocycles. The smallest absolute Gasteiger partial charge is 0.130 e. The minimum absolute atomic E-state index is 0.263. The van der Waals surface area contributed by atoms with Crippen LogP contribution in [0.1, 0.15) is 18.4 Å². The average Bonchev–Trinajstić information content (AvgIpc) is 3.23. The predicted octanol–water partition coefficient (Wildman–Crippen LogP) is 4.47. The van der Waals surface area contributed by atoms with Crippen molar-refractivity contribution >= 4 is 22.6 Å². The summed E-state index contributed by atoms with van der Waals surface area (Å²) in [7, 11) is 0. The number of hydrogen-bond donors (Lipinski definition) is 1. The normalized spacial score (nSPS) is 14.3. The van der Waals surface area contributed by atoms with E-state index in [4.69, 9.17) is 4.74 Å². The van der Waals surface area contributed by atoms with E-state index in [1.165, 1.54) is 18.9 Å². The van der Waals surface area contributed by atoms with Crippen molar-refractivity contribution in [3.8, 4) is 11.5 Å². The molecule has 2 aromatic rings. The van der Waals surface area contributed by atoms with Crippen molar-refractivity contribution in [3.05, 3.63) is 57.4 Å². The Labute approximate surface area is 131 Å². The summed E-state index contributed by atoms with van der Waals surface area (Å²) in [6, 6.07) is 13.2. The molecule has 0 amide bonds. The zero-order chi connectivity index (χ0) is 13.9. The highest BCUT2D eigenvalue weighted by molar-refractivity contribution is 14.1. The van der Waals surface area contributed by atoms with Crippen molar-refractivity contribution in [2.24, 2.45) is 0 Å². The molecule has 1 fully saturated rings. The molecule has 0 atom stereocenters. The molecule has 1 N–H and O–H groups in total. The van der Waals surface area contributed by atoms with Crippen molar-refractivity contribution in [2.75, 3.05) is 0 Å². The molecule has 1 aliphatic carbocycles. The molecule has 0 spiro atoms. The largest absolute Gasteiger partial charge is 0.457 e. The van der Waals surface area contributed by atoms with E-state index in [2.05, 4.69) is 27.9 Å². The Morgan fingerprint density at radius 3 is 2.55 bits per heavy atom. The van der Waals surface area contributed by atoms with Gasteiger partial charge in [-0.3, -0.25) is 0 Å². The van der Waals surface area contributed by atoms with Gasteiger partial charge >= 0.3 is 0 Å². The summed E-state index contributed by atoms with van der Waals surface area (Å²) in [4.78, 5) is 0. The van der Waals surface area contributed by atoms with Crippen LogP contribution in [0.3, 0.4) is 0 Å². The van der Waals surface area contributed by atoms with Crippen LogP contribution in [-0.4, -0.2) is 6.04 Å². The average molecular weight is 383 g/mol. The van der Waals surface area contributed by atoms with Gasteiger partial charge in [0.25, 0.3) is 0 Å². The molecule has 0 aromatic heterocycles. The molecule has 20 heavy (non-hydrogen) atoms. The third-order valence-electron chi connectivity index (χ3n) is 3.15. The summed E-state index contributed by atoms with van der Waals surface area (Å²) in [6.45, 7) is 0.686. The monoisotopic (exact) mass is 383 g/mol. The summed E-state index contributed by atoms with van der Waals surface area (Å²) in [5.41, 5.74) is 0.914. The van der Waals surface area contributed by atoms with E-state index in [9.17, 15) is 4.39 Å². The zero-order valence-corrected chi connectivity index (χ0v) is 13.1. The number of nitrogens with one attached hydrogen (secondary N) is 1. The van der Waals surface area contributed by atoms with Crippen molar-refractivity contribution in [3.63, 3.8) is 0 Å². The standard InChI is InChI=1S/C16H15FINO/c17-12-7-11(10-19-14-3-4-14)8-16(9-12)20-15-5-1-13(18)2-6-15/h1-2,5-9,14,19H,3-4,10H2.